The minimum Gasteiger partial charge on any atom is -0.494 e. The van der Waals surface area contributed by atoms with Crippen LogP contribution in [0.1, 0.15) is 17.3 Å². The Labute approximate surface area is 116 Å². The van der Waals surface area contributed by atoms with E-state index in [2.05, 4.69) is 5.32 Å². The van der Waals surface area contributed by atoms with Gasteiger partial charge in [-0.25, -0.2) is 0 Å². The molecule has 1 N–H and O–H groups in total. The Balaban J connectivity index is 2.16. The van der Waals surface area contributed by atoms with Gasteiger partial charge in [-0.05, 0) is 25.1 Å². The maximum atomic E-state index is 12.0. The zero-order valence-corrected chi connectivity index (χ0v) is 11.4. The molecule has 104 valence electrons. The fourth-order valence-electron chi connectivity index (χ4n) is 1.72. The molecule has 2 rings (SSSR count). The molecular formula is C15H16N2O3. The van der Waals surface area contributed by atoms with E-state index in [0.717, 1.165) is 0 Å². The molecule has 1 aromatic heterocycles. The summed E-state index contributed by atoms with van der Waals surface area (Å²) in [6.45, 7) is 2.46. The van der Waals surface area contributed by atoms with E-state index in [1.54, 1.807) is 37.5 Å². The topological polar surface area (TPSA) is 60.3 Å². The molecule has 0 radical (unpaired) electrons. The minimum absolute atomic E-state index is 0.222. The van der Waals surface area contributed by atoms with Crippen LogP contribution in [0.4, 0.5) is 5.69 Å². The molecule has 0 aliphatic rings. The van der Waals surface area contributed by atoms with Crippen LogP contribution in [0, 0.1) is 0 Å². The number of aryl methyl sites for hydroxylation is 1. The Hall–Kier alpha value is -2.56. The van der Waals surface area contributed by atoms with Crippen LogP contribution in [0.3, 0.4) is 0 Å². The third-order valence-corrected chi connectivity index (χ3v) is 2.77. The number of ether oxygens (including phenoxy) is 1. The van der Waals surface area contributed by atoms with Crippen molar-refractivity contribution in [2.75, 3.05) is 11.9 Å². The molecule has 0 atom stereocenters. The molecule has 1 heterocycles. The Morgan fingerprint density at radius 2 is 2.10 bits per heavy atom. The van der Waals surface area contributed by atoms with Crippen molar-refractivity contribution < 1.29 is 9.53 Å². The zero-order valence-electron chi connectivity index (χ0n) is 11.4. The molecule has 0 spiro atoms. The largest absolute Gasteiger partial charge is 0.494 e. The van der Waals surface area contributed by atoms with Gasteiger partial charge in [0.2, 0.25) is 0 Å². The fraction of sp³-hybridized carbons (Fsp3) is 0.200. The SMILES string of the molecule is CCOc1cccc(NC(=O)c2ccn(C)c(=O)c2)c1. The molecule has 2 aromatic rings. The van der Waals surface area contributed by atoms with Gasteiger partial charge in [-0.3, -0.25) is 9.59 Å². The van der Waals surface area contributed by atoms with E-state index in [0.29, 0.717) is 23.6 Å². The first kappa shape index (κ1) is 13.9. The van der Waals surface area contributed by atoms with Crippen molar-refractivity contribution in [1.82, 2.24) is 4.57 Å². The van der Waals surface area contributed by atoms with Gasteiger partial charge in [0, 0.05) is 36.6 Å². The van der Waals surface area contributed by atoms with E-state index < -0.39 is 0 Å². The quantitative estimate of drug-likeness (QED) is 0.926. The minimum atomic E-state index is -0.323. The summed E-state index contributed by atoms with van der Waals surface area (Å²) in [4.78, 5) is 23.5. The Bertz CT molecular complexity index is 677. The van der Waals surface area contributed by atoms with Gasteiger partial charge in [0.1, 0.15) is 5.75 Å². The van der Waals surface area contributed by atoms with E-state index in [-0.39, 0.29) is 11.5 Å². The number of amides is 1. The van der Waals surface area contributed by atoms with Crippen molar-refractivity contribution in [1.29, 1.82) is 0 Å². The predicted molar refractivity (Wildman–Crippen MR) is 77.2 cm³/mol. The second kappa shape index (κ2) is 6.06. The lowest BCUT2D eigenvalue weighted by atomic mass is 10.2. The normalized spacial score (nSPS) is 10.1. The van der Waals surface area contributed by atoms with Gasteiger partial charge >= 0.3 is 0 Å². The maximum absolute atomic E-state index is 12.0. The van der Waals surface area contributed by atoms with Crippen LogP contribution in [0.15, 0.2) is 47.4 Å². The standard InChI is InChI=1S/C15H16N2O3/c1-3-20-13-6-4-5-12(10-13)16-15(19)11-7-8-17(2)14(18)9-11/h4-10H,3H2,1-2H3,(H,16,19). The fourth-order valence-corrected chi connectivity index (χ4v) is 1.72. The van der Waals surface area contributed by atoms with Crippen LogP contribution in [-0.2, 0) is 7.05 Å². The predicted octanol–water partition coefficient (Wildman–Crippen LogP) is 2.04. The molecule has 5 heteroatoms. The highest BCUT2D eigenvalue weighted by atomic mass is 16.5. The number of nitrogens with one attached hydrogen (secondary N) is 1. The second-order valence-electron chi connectivity index (χ2n) is 4.28. The first-order valence-electron chi connectivity index (χ1n) is 6.31. The van der Waals surface area contributed by atoms with Crippen LogP contribution in [0.25, 0.3) is 0 Å². The Morgan fingerprint density at radius 3 is 2.80 bits per heavy atom. The van der Waals surface area contributed by atoms with Gasteiger partial charge in [0.25, 0.3) is 11.5 Å². The van der Waals surface area contributed by atoms with Gasteiger partial charge in [0.05, 0.1) is 6.61 Å². The lowest BCUT2D eigenvalue weighted by molar-refractivity contribution is 0.102. The number of rotatable bonds is 4. The Kier molecular flexibility index (Phi) is 4.20. The molecule has 0 fully saturated rings. The molecule has 5 nitrogen and oxygen atoms in total. The molecule has 0 bridgehead atoms. The van der Waals surface area contributed by atoms with Gasteiger partial charge in [-0.1, -0.05) is 6.07 Å². The number of carbonyl (C=O) groups excluding carboxylic acids is 1. The lowest BCUT2D eigenvalue weighted by Crippen LogP contribution is -2.19. The highest BCUT2D eigenvalue weighted by Crippen LogP contribution is 2.17. The highest BCUT2D eigenvalue weighted by molar-refractivity contribution is 6.04. The van der Waals surface area contributed by atoms with Crippen molar-refractivity contribution >= 4 is 11.6 Å². The zero-order chi connectivity index (χ0) is 14.5. The maximum Gasteiger partial charge on any atom is 0.255 e. The number of hydrogen-bond donors (Lipinski definition) is 1. The summed E-state index contributed by atoms with van der Waals surface area (Å²) < 4.78 is 6.77. The van der Waals surface area contributed by atoms with Gasteiger partial charge in [0.15, 0.2) is 0 Å². The molecule has 0 aliphatic carbocycles. The lowest BCUT2D eigenvalue weighted by Gasteiger charge is -2.08. The molecule has 0 saturated heterocycles. The summed E-state index contributed by atoms with van der Waals surface area (Å²) in [5, 5.41) is 2.74. The number of benzene rings is 1. The highest BCUT2D eigenvalue weighted by Gasteiger charge is 2.07. The third kappa shape index (κ3) is 3.26. The summed E-state index contributed by atoms with van der Waals surface area (Å²) >= 11 is 0. The smallest absolute Gasteiger partial charge is 0.255 e. The van der Waals surface area contributed by atoms with Crippen LogP contribution >= 0.6 is 0 Å². The number of nitrogens with zero attached hydrogens (tertiary/aromatic N) is 1. The molecular weight excluding hydrogens is 256 g/mol. The van der Waals surface area contributed by atoms with E-state index in [1.165, 1.54) is 10.6 Å². The van der Waals surface area contributed by atoms with Crippen LogP contribution < -0.4 is 15.6 Å². The van der Waals surface area contributed by atoms with Crippen molar-refractivity contribution in [2.45, 2.75) is 6.92 Å². The summed E-state index contributed by atoms with van der Waals surface area (Å²) in [7, 11) is 1.63. The van der Waals surface area contributed by atoms with E-state index in [1.807, 2.05) is 13.0 Å². The second-order valence-corrected chi connectivity index (χ2v) is 4.28. The van der Waals surface area contributed by atoms with E-state index in [9.17, 15) is 9.59 Å². The number of aromatic nitrogens is 1. The van der Waals surface area contributed by atoms with Gasteiger partial charge in [-0.2, -0.15) is 0 Å². The van der Waals surface area contributed by atoms with Crippen molar-refractivity contribution in [3.8, 4) is 5.75 Å². The van der Waals surface area contributed by atoms with Crippen LogP contribution in [-0.4, -0.2) is 17.1 Å². The molecule has 1 amide bonds. The van der Waals surface area contributed by atoms with Crippen LogP contribution in [0.2, 0.25) is 0 Å². The van der Waals surface area contributed by atoms with E-state index >= 15 is 0 Å². The summed E-state index contributed by atoms with van der Waals surface area (Å²) in [5.74, 6) is 0.366. The molecule has 1 aromatic carbocycles. The monoisotopic (exact) mass is 272 g/mol. The summed E-state index contributed by atoms with van der Waals surface area (Å²) in [5.41, 5.74) is 0.734. The molecule has 0 aliphatic heterocycles. The van der Waals surface area contributed by atoms with E-state index in [4.69, 9.17) is 4.74 Å². The van der Waals surface area contributed by atoms with Crippen LogP contribution in [0.5, 0.6) is 5.75 Å². The number of anilines is 1. The third-order valence-electron chi connectivity index (χ3n) is 2.77. The number of hydrogen-bond acceptors (Lipinski definition) is 3. The first-order valence-corrected chi connectivity index (χ1v) is 6.31. The van der Waals surface area contributed by atoms with Crippen molar-refractivity contribution in [3.63, 3.8) is 0 Å². The number of pyridine rings is 1. The van der Waals surface area contributed by atoms with Crippen molar-refractivity contribution in [2.24, 2.45) is 7.05 Å². The summed E-state index contributed by atoms with van der Waals surface area (Å²) in [6.07, 6.45) is 1.56. The van der Waals surface area contributed by atoms with Gasteiger partial charge in [-0.15, -0.1) is 0 Å². The average Bonchev–Trinajstić information content (AvgIpc) is 2.42. The number of carbonyl (C=O) groups is 1. The molecule has 20 heavy (non-hydrogen) atoms. The summed E-state index contributed by atoms with van der Waals surface area (Å²) in [6, 6.07) is 10.0. The average molecular weight is 272 g/mol. The molecule has 0 unspecified atom stereocenters. The van der Waals surface area contributed by atoms with Gasteiger partial charge < -0.3 is 14.6 Å². The molecule has 0 saturated carbocycles. The Morgan fingerprint density at radius 1 is 1.30 bits per heavy atom. The van der Waals surface area contributed by atoms with Crippen molar-refractivity contribution in [3.05, 3.63) is 58.5 Å². The first-order chi connectivity index (χ1) is 9.60.